The van der Waals surface area contributed by atoms with E-state index >= 15 is 0 Å². The van der Waals surface area contributed by atoms with Gasteiger partial charge >= 0.3 is 5.97 Å². The summed E-state index contributed by atoms with van der Waals surface area (Å²) in [5, 5.41) is 0.125. The number of hydrogen-bond donors (Lipinski definition) is 0. The summed E-state index contributed by atoms with van der Waals surface area (Å²) < 4.78 is 5.18. The van der Waals surface area contributed by atoms with E-state index in [0.717, 1.165) is 25.0 Å². The number of thioether (sulfide) groups is 1. The lowest BCUT2D eigenvalue weighted by molar-refractivity contribution is -0.144. The Kier molecular flexibility index (Phi) is 18.4. The molecule has 0 aliphatic heterocycles. The van der Waals surface area contributed by atoms with Gasteiger partial charge in [0, 0.05) is 12.2 Å². The van der Waals surface area contributed by atoms with Crippen LogP contribution in [0.25, 0.3) is 0 Å². The minimum atomic E-state index is -0.225. The molecule has 142 valence electrons. The third-order valence-electron chi connectivity index (χ3n) is 4.06. The zero-order valence-electron chi connectivity index (χ0n) is 15.9. The molecule has 4 heteroatoms. The van der Waals surface area contributed by atoms with Crippen molar-refractivity contribution in [2.24, 2.45) is 0 Å². The van der Waals surface area contributed by atoms with Crippen molar-refractivity contribution in [3.63, 3.8) is 0 Å². The van der Waals surface area contributed by atoms with Crippen molar-refractivity contribution in [2.45, 2.75) is 104 Å². The third kappa shape index (κ3) is 17.8. The first-order valence-corrected chi connectivity index (χ1v) is 11.0. The molecule has 0 amide bonds. The Hall–Kier alpha value is -0.510. The van der Waals surface area contributed by atoms with Crippen LogP contribution in [0.4, 0.5) is 0 Å². The zero-order valence-corrected chi connectivity index (χ0v) is 16.8. The van der Waals surface area contributed by atoms with E-state index in [0.29, 0.717) is 13.0 Å². The van der Waals surface area contributed by atoms with Gasteiger partial charge in [0.1, 0.15) is 0 Å². The fraction of sp³-hybridized carbons (Fsp3) is 0.900. The summed E-state index contributed by atoms with van der Waals surface area (Å²) in [6.07, 6.45) is 15.1. The van der Waals surface area contributed by atoms with Crippen LogP contribution in [0.5, 0.6) is 0 Å². The molecule has 0 bridgehead atoms. The van der Waals surface area contributed by atoms with E-state index in [-0.39, 0.29) is 17.5 Å². The summed E-state index contributed by atoms with van der Waals surface area (Å²) in [5.41, 5.74) is 0. The van der Waals surface area contributed by atoms with E-state index in [1.54, 1.807) is 0 Å². The fourth-order valence-corrected chi connectivity index (χ4v) is 3.31. The van der Waals surface area contributed by atoms with Crippen LogP contribution >= 0.6 is 11.8 Å². The molecule has 0 spiro atoms. The minimum absolute atomic E-state index is 0.125. The Morgan fingerprint density at radius 3 is 1.88 bits per heavy atom. The van der Waals surface area contributed by atoms with Gasteiger partial charge in [-0.1, -0.05) is 89.8 Å². The number of ether oxygens (including phenoxy) is 1. The average molecular weight is 359 g/mol. The maximum absolute atomic E-state index is 11.7. The van der Waals surface area contributed by atoms with Crippen molar-refractivity contribution in [3.05, 3.63) is 0 Å². The van der Waals surface area contributed by atoms with Gasteiger partial charge in [0.05, 0.1) is 13.0 Å². The van der Waals surface area contributed by atoms with Gasteiger partial charge < -0.3 is 4.74 Å². The van der Waals surface area contributed by atoms with E-state index < -0.39 is 0 Å². The molecule has 0 aliphatic carbocycles. The highest BCUT2D eigenvalue weighted by Crippen LogP contribution is 2.13. The topological polar surface area (TPSA) is 43.4 Å². The molecule has 0 rings (SSSR count). The van der Waals surface area contributed by atoms with Crippen molar-refractivity contribution in [1.82, 2.24) is 0 Å². The second kappa shape index (κ2) is 18.8. The third-order valence-corrected chi connectivity index (χ3v) is 5.07. The van der Waals surface area contributed by atoms with Gasteiger partial charge in [-0.15, -0.1) is 0 Å². The molecule has 0 atom stereocenters. The Labute approximate surface area is 153 Å². The Bertz CT molecular complexity index is 275. The Morgan fingerprint density at radius 1 is 0.708 bits per heavy atom. The number of carbonyl (C=O) groups is 2. The first-order valence-electron chi connectivity index (χ1n) is 10.0. The summed E-state index contributed by atoms with van der Waals surface area (Å²) in [5.74, 6) is 0.662. The van der Waals surface area contributed by atoms with Crippen molar-refractivity contribution in [3.8, 4) is 0 Å². The second-order valence-electron chi connectivity index (χ2n) is 6.48. The van der Waals surface area contributed by atoms with Gasteiger partial charge in [-0.25, -0.2) is 0 Å². The van der Waals surface area contributed by atoms with E-state index in [1.807, 2.05) is 0 Å². The van der Waals surface area contributed by atoms with E-state index in [4.69, 9.17) is 4.74 Å². The van der Waals surface area contributed by atoms with E-state index in [9.17, 15) is 9.59 Å². The molecule has 0 heterocycles. The molecular formula is C20H38O3S. The monoisotopic (exact) mass is 358 g/mol. The molecule has 0 aromatic rings. The van der Waals surface area contributed by atoms with Gasteiger partial charge in [-0.05, 0) is 12.8 Å². The van der Waals surface area contributed by atoms with Gasteiger partial charge in [0.2, 0.25) is 0 Å². The lowest BCUT2D eigenvalue weighted by Gasteiger charge is -2.05. The predicted molar refractivity (Wildman–Crippen MR) is 104 cm³/mol. The number of unbranched alkanes of at least 4 members (excludes halogenated alkanes) is 10. The van der Waals surface area contributed by atoms with Crippen molar-refractivity contribution in [2.75, 3.05) is 12.4 Å². The first kappa shape index (κ1) is 23.5. The van der Waals surface area contributed by atoms with Crippen LogP contribution in [0, 0.1) is 0 Å². The fourth-order valence-electron chi connectivity index (χ4n) is 2.49. The highest BCUT2D eigenvalue weighted by Gasteiger charge is 2.08. The summed E-state index contributed by atoms with van der Waals surface area (Å²) in [6, 6.07) is 0. The molecular weight excluding hydrogens is 320 g/mol. The minimum Gasteiger partial charge on any atom is -0.466 e. The molecule has 3 nitrogen and oxygen atoms in total. The first-order chi connectivity index (χ1) is 11.7. The van der Waals surface area contributed by atoms with Crippen LogP contribution in [0.2, 0.25) is 0 Å². The van der Waals surface area contributed by atoms with Crippen LogP contribution in [0.1, 0.15) is 104 Å². The number of hydrogen-bond acceptors (Lipinski definition) is 4. The Balaban J connectivity index is 3.34. The van der Waals surface area contributed by atoms with Gasteiger partial charge in [0.15, 0.2) is 5.12 Å². The molecule has 24 heavy (non-hydrogen) atoms. The quantitative estimate of drug-likeness (QED) is 0.226. The van der Waals surface area contributed by atoms with Gasteiger partial charge in [-0.3, -0.25) is 9.59 Å². The normalized spacial score (nSPS) is 10.8. The van der Waals surface area contributed by atoms with Gasteiger partial charge in [-0.2, -0.15) is 0 Å². The highest BCUT2D eigenvalue weighted by atomic mass is 32.2. The predicted octanol–water partition coefficient (Wildman–Crippen LogP) is 6.29. The molecule has 0 N–H and O–H groups in total. The summed E-state index contributed by atoms with van der Waals surface area (Å²) in [6.45, 7) is 4.92. The Morgan fingerprint density at radius 2 is 1.25 bits per heavy atom. The molecule has 0 aromatic heterocycles. The zero-order chi connectivity index (χ0) is 17.9. The van der Waals surface area contributed by atoms with E-state index in [2.05, 4.69) is 13.8 Å². The van der Waals surface area contributed by atoms with Crippen molar-refractivity contribution >= 4 is 22.8 Å². The smallest absolute Gasteiger partial charge is 0.306 e. The van der Waals surface area contributed by atoms with E-state index in [1.165, 1.54) is 69.5 Å². The van der Waals surface area contributed by atoms with Crippen LogP contribution in [-0.2, 0) is 14.3 Å². The SMILES string of the molecule is CCCCCCCCOC(=O)CCC(=O)SCCCCCCCC. The average Bonchev–Trinajstić information content (AvgIpc) is 2.58. The summed E-state index contributed by atoms with van der Waals surface area (Å²) in [4.78, 5) is 23.3. The molecule has 0 radical (unpaired) electrons. The number of esters is 1. The van der Waals surface area contributed by atoms with Crippen molar-refractivity contribution < 1.29 is 14.3 Å². The van der Waals surface area contributed by atoms with Gasteiger partial charge in [0.25, 0.3) is 0 Å². The molecule has 0 saturated heterocycles. The lowest BCUT2D eigenvalue weighted by atomic mass is 10.1. The summed E-state index contributed by atoms with van der Waals surface area (Å²) in [7, 11) is 0. The lowest BCUT2D eigenvalue weighted by Crippen LogP contribution is -2.08. The van der Waals surface area contributed by atoms with Crippen molar-refractivity contribution in [1.29, 1.82) is 0 Å². The highest BCUT2D eigenvalue weighted by molar-refractivity contribution is 8.13. The molecule has 0 fully saturated rings. The van der Waals surface area contributed by atoms with Crippen LogP contribution < -0.4 is 0 Å². The number of rotatable bonds is 17. The van der Waals surface area contributed by atoms with Crippen LogP contribution in [0.3, 0.4) is 0 Å². The van der Waals surface area contributed by atoms with Crippen LogP contribution in [0.15, 0.2) is 0 Å². The van der Waals surface area contributed by atoms with Crippen LogP contribution in [-0.4, -0.2) is 23.4 Å². The maximum Gasteiger partial charge on any atom is 0.306 e. The standard InChI is InChI=1S/C20H38O3S/c1-3-5-7-9-11-13-17-23-19(21)15-16-20(22)24-18-14-12-10-8-6-4-2/h3-18H2,1-2H3. The maximum atomic E-state index is 11.7. The molecule has 0 aliphatic rings. The number of carbonyl (C=O) groups excluding carboxylic acids is 2. The molecule has 0 saturated carbocycles. The summed E-state index contributed by atoms with van der Waals surface area (Å²) >= 11 is 1.38. The second-order valence-corrected chi connectivity index (χ2v) is 7.63. The largest absolute Gasteiger partial charge is 0.466 e. The molecule has 0 aromatic carbocycles. The molecule has 0 unspecified atom stereocenters.